The predicted octanol–water partition coefficient (Wildman–Crippen LogP) is 3.61. The Labute approximate surface area is 160 Å². The van der Waals surface area contributed by atoms with E-state index in [-0.39, 0.29) is 11.7 Å². The third-order valence-corrected chi connectivity index (χ3v) is 4.98. The number of hydrogen-bond acceptors (Lipinski definition) is 5. The van der Waals surface area contributed by atoms with E-state index < -0.39 is 5.25 Å². The third kappa shape index (κ3) is 4.33. The summed E-state index contributed by atoms with van der Waals surface area (Å²) in [6.45, 7) is 1.76. The molecule has 0 fully saturated rings. The molecule has 27 heavy (non-hydrogen) atoms. The van der Waals surface area contributed by atoms with Gasteiger partial charge >= 0.3 is 0 Å². The maximum atomic E-state index is 13.1. The average molecular weight is 381 g/mol. The molecule has 0 spiro atoms. The van der Waals surface area contributed by atoms with E-state index in [1.807, 2.05) is 6.07 Å². The first-order chi connectivity index (χ1) is 13.0. The van der Waals surface area contributed by atoms with Crippen LogP contribution in [0.4, 0.5) is 10.1 Å². The number of thioether (sulfide) groups is 1. The summed E-state index contributed by atoms with van der Waals surface area (Å²) < 4.78 is 14.8. The molecular formula is C19H16FN5OS. The second kappa shape index (κ2) is 8.01. The van der Waals surface area contributed by atoms with Gasteiger partial charge in [-0.15, -0.1) is 10.2 Å². The smallest absolute Gasteiger partial charge is 0.237 e. The topological polar surface area (TPSA) is 83.6 Å². The lowest BCUT2D eigenvalue weighted by molar-refractivity contribution is -0.115. The van der Waals surface area contributed by atoms with Crippen LogP contribution in [0.3, 0.4) is 0 Å². The van der Waals surface area contributed by atoms with Gasteiger partial charge in [-0.3, -0.25) is 4.79 Å². The molecule has 0 aliphatic heterocycles. The molecule has 3 aromatic rings. The number of aromatic nitrogens is 3. The summed E-state index contributed by atoms with van der Waals surface area (Å²) in [4.78, 5) is 12.4. The van der Waals surface area contributed by atoms with Crippen molar-refractivity contribution in [2.24, 2.45) is 7.05 Å². The van der Waals surface area contributed by atoms with Gasteiger partial charge in [-0.2, -0.15) is 5.26 Å². The average Bonchev–Trinajstić information content (AvgIpc) is 3.03. The fraction of sp³-hybridized carbons (Fsp3) is 0.158. The Morgan fingerprint density at radius 3 is 2.70 bits per heavy atom. The Hall–Kier alpha value is -3.18. The van der Waals surface area contributed by atoms with E-state index in [0.717, 1.165) is 5.56 Å². The van der Waals surface area contributed by atoms with Crippen LogP contribution in [0.2, 0.25) is 0 Å². The van der Waals surface area contributed by atoms with Gasteiger partial charge in [0.05, 0.1) is 16.9 Å². The Balaban J connectivity index is 1.70. The van der Waals surface area contributed by atoms with Gasteiger partial charge in [-0.1, -0.05) is 17.8 Å². The van der Waals surface area contributed by atoms with E-state index in [1.165, 1.54) is 23.9 Å². The lowest BCUT2D eigenvalue weighted by Crippen LogP contribution is -2.22. The standard InChI is InChI=1S/C19H16FN5OS/c1-12(18(26)22-16-5-3-4-13(10-16)11-21)27-19-24-23-17(25(19)2)14-6-8-15(20)9-7-14/h3-10,12H,1-2H3,(H,22,26)/t12-/m1/s1. The zero-order valence-corrected chi connectivity index (χ0v) is 15.5. The number of anilines is 1. The molecule has 2 aromatic carbocycles. The highest BCUT2D eigenvalue weighted by Gasteiger charge is 2.19. The number of nitrogens with one attached hydrogen (secondary N) is 1. The van der Waals surface area contributed by atoms with E-state index in [2.05, 4.69) is 15.5 Å². The van der Waals surface area contributed by atoms with Gasteiger partial charge in [0.2, 0.25) is 5.91 Å². The molecule has 0 aliphatic carbocycles. The molecule has 1 aromatic heterocycles. The summed E-state index contributed by atoms with van der Waals surface area (Å²) in [6, 6.07) is 14.8. The minimum atomic E-state index is -0.431. The molecule has 0 unspecified atom stereocenters. The number of nitrogens with zero attached hydrogens (tertiary/aromatic N) is 4. The van der Waals surface area contributed by atoms with Crippen LogP contribution in [0.5, 0.6) is 0 Å². The summed E-state index contributed by atoms with van der Waals surface area (Å²) in [5.41, 5.74) is 1.78. The normalized spacial score (nSPS) is 11.6. The van der Waals surface area contributed by atoms with Crippen molar-refractivity contribution in [3.05, 3.63) is 59.9 Å². The van der Waals surface area contributed by atoms with Crippen LogP contribution in [-0.4, -0.2) is 25.9 Å². The monoisotopic (exact) mass is 381 g/mol. The highest BCUT2D eigenvalue weighted by atomic mass is 32.2. The molecule has 0 bridgehead atoms. The SMILES string of the molecule is C[C@@H](Sc1nnc(-c2ccc(F)cc2)n1C)C(=O)Nc1cccc(C#N)c1. The molecule has 136 valence electrons. The Morgan fingerprint density at radius 2 is 2.00 bits per heavy atom. The molecule has 0 saturated carbocycles. The van der Waals surface area contributed by atoms with Crippen molar-refractivity contribution in [2.45, 2.75) is 17.3 Å². The predicted molar refractivity (Wildman–Crippen MR) is 102 cm³/mol. The van der Waals surface area contributed by atoms with Crippen molar-refractivity contribution < 1.29 is 9.18 Å². The largest absolute Gasteiger partial charge is 0.325 e. The van der Waals surface area contributed by atoms with Crippen LogP contribution in [0.15, 0.2) is 53.7 Å². The molecule has 6 nitrogen and oxygen atoms in total. The molecule has 0 aliphatic rings. The lowest BCUT2D eigenvalue weighted by atomic mass is 10.2. The Morgan fingerprint density at radius 1 is 1.26 bits per heavy atom. The van der Waals surface area contributed by atoms with Crippen LogP contribution in [0.1, 0.15) is 12.5 Å². The number of benzene rings is 2. The van der Waals surface area contributed by atoms with Gasteiger partial charge in [0.25, 0.3) is 0 Å². The zero-order chi connectivity index (χ0) is 19.4. The van der Waals surface area contributed by atoms with Crippen molar-refractivity contribution in [1.82, 2.24) is 14.8 Å². The first kappa shape index (κ1) is 18.6. The van der Waals surface area contributed by atoms with Crippen LogP contribution in [0.25, 0.3) is 11.4 Å². The number of carbonyl (C=O) groups excluding carboxylic acids is 1. The number of hydrogen-bond donors (Lipinski definition) is 1. The van der Waals surface area contributed by atoms with Crippen molar-refractivity contribution in [3.63, 3.8) is 0 Å². The maximum Gasteiger partial charge on any atom is 0.237 e. The number of amides is 1. The maximum absolute atomic E-state index is 13.1. The number of nitriles is 1. The first-order valence-electron chi connectivity index (χ1n) is 8.11. The number of rotatable bonds is 5. The van der Waals surface area contributed by atoms with Gasteiger partial charge in [0.1, 0.15) is 5.82 Å². The Bertz CT molecular complexity index is 1010. The van der Waals surface area contributed by atoms with Crippen molar-refractivity contribution >= 4 is 23.4 Å². The van der Waals surface area contributed by atoms with Crippen LogP contribution in [-0.2, 0) is 11.8 Å². The highest BCUT2D eigenvalue weighted by Crippen LogP contribution is 2.26. The first-order valence-corrected chi connectivity index (χ1v) is 8.99. The molecule has 0 saturated heterocycles. The number of carbonyl (C=O) groups is 1. The summed E-state index contributed by atoms with van der Waals surface area (Å²) in [5.74, 6) is 0.0644. The van der Waals surface area contributed by atoms with Gasteiger partial charge in [0.15, 0.2) is 11.0 Å². The van der Waals surface area contributed by atoms with Gasteiger partial charge in [-0.25, -0.2) is 4.39 Å². The number of halogens is 1. The summed E-state index contributed by atoms with van der Waals surface area (Å²) in [7, 11) is 1.79. The van der Waals surface area contributed by atoms with Crippen LogP contribution < -0.4 is 5.32 Å². The molecule has 1 N–H and O–H groups in total. The second-order valence-electron chi connectivity index (χ2n) is 5.81. The summed E-state index contributed by atoms with van der Waals surface area (Å²) in [5, 5.41) is 20.1. The van der Waals surface area contributed by atoms with Gasteiger partial charge < -0.3 is 9.88 Å². The van der Waals surface area contributed by atoms with E-state index in [0.29, 0.717) is 22.2 Å². The molecule has 1 amide bonds. The molecule has 3 rings (SSSR count). The van der Waals surface area contributed by atoms with Crippen molar-refractivity contribution in [3.8, 4) is 17.5 Å². The van der Waals surface area contributed by atoms with E-state index >= 15 is 0 Å². The molecule has 0 radical (unpaired) electrons. The lowest BCUT2D eigenvalue weighted by Gasteiger charge is -2.12. The molecule has 1 heterocycles. The van der Waals surface area contributed by atoms with E-state index in [1.54, 1.807) is 54.9 Å². The Kier molecular flexibility index (Phi) is 5.52. The quantitative estimate of drug-likeness (QED) is 0.683. The van der Waals surface area contributed by atoms with E-state index in [4.69, 9.17) is 5.26 Å². The minimum Gasteiger partial charge on any atom is -0.325 e. The van der Waals surface area contributed by atoms with E-state index in [9.17, 15) is 9.18 Å². The minimum absolute atomic E-state index is 0.207. The molecule has 1 atom stereocenters. The van der Waals surface area contributed by atoms with Crippen molar-refractivity contribution in [2.75, 3.05) is 5.32 Å². The zero-order valence-electron chi connectivity index (χ0n) is 14.7. The summed E-state index contributed by atoms with van der Waals surface area (Å²) in [6.07, 6.45) is 0. The molecule has 8 heteroatoms. The second-order valence-corrected chi connectivity index (χ2v) is 7.12. The van der Waals surface area contributed by atoms with Crippen molar-refractivity contribution in [1.29, 1.82) is 5.26 Å². The highest BCUT2D eigenvalue weighted by molar-refractivity contribution is 8.00. The van der Waals surface area contributed by atoms with Gasteiger partial charge in [-0.05, 0) is 49.4 Å². The third-order valence-electron chi connectivity index (χ3n) is 3.85. The molecular weight excluding hydrogens is 365 g/mol. The van der Waals surface area contributed by atoms with Gasteiger partial charge in [0, 0.05) is 18.3 Å². The fourth-order valence-electron chi connectivity index (χ4n) is 2.39. The fourth-order valence-corrected chi connectivity index (χ4v) is 3.20. The van der Waals surface area contributed by atoms with Crippen LogP contribution in [0, 0.1) is 17.1 Å². The summed E-state index contributed by atoms with van der Waals surface area (Å²) >= 11 is 1.26. The van der Waals surface area contributed by atoms with Crippen LogP contribution >= 0.6 is 11.8 Å².